The molecule has 5 nitrogen and oxygen atoms in total. The summed E-state index contributed by atoms with van der Waals surface area (Å²) in [6.45, 7) is 1.39. The van der Waals surface area contributed by atoms with E-state index in [1.54, 1.807) is 7.11 Å². The number of nitrogens with two attached hydrogens (primary N) is 1. The number of nitrogens with zero attached hydrogens (tertiary/aromatic N) is 1. The molecule has 0 bridgehead atoms. The van der Waals surface area contributed by atoms with Gasteiger partial charge in [-0.05, 0) is 36.6 Å². The Bertz CT molecular complexity index is 843. The van der Waals surface area contributed by atoms with Crippen LogP contribution in [0.25, 0.3) is 0 Å². The highest BCUT2D eigenvalue weighted by Crippen LogP contribution is 2.42. The van der Waals surface area contributed by atoms with E-state index < -0.39 is 0 Å². The molecule has 148 valence electrons. The summed E-state index contributed by atoms with van der Waals surface area (Å²) in [7, 11) is 1.71. The molecule has 1 aliphatic heterocycles. The predicted octanol–water partition coefficient (Wildman–Crippen LogP) is 3.94. The van der Waals surface area contributed by atoms with E-state index >= 15 is 0 Å². The van der Waals surface area contributed by atoms with E-state index in [1.165, 1.54) is 18.4 Å². The van der Waals surface area contributed by atoms with Crippen LogP contribution in [0.4, 0.5) is 0 Å². The first-order chi connectivity index (χ1) is 13.7. The van der Waals surface area contributed by atoms with Gasteiger partial charge in [0.1, 0.15) is 11.5 Å². The number of para-hydroxylation sites is 1. The Balaban J connectivity index is 1.50. The second-order valence-electron chi connectivity index (χ2n) is 7.79. The minimum atomic E-state index is 0.0500. The molecule has 1 aliphatic carbocycles. The average Bonchev–Trinajstić information content (AvgIpc) is 3.23. The molecular weight excluding hydrogens is 350 g/mol. The van der Waals surface area contributed by atoms with E-state index in [1.807, 2.05) is 24.3 Å². The van der Waals surface area contributed by atoms with Crippen molar-refractivity contribution >= 4 is 5.96 Å². The summed E-state index contributed by atoms with van der Waals surface area (Å²) in [5, 5.41) is 3.41. The van der Waals surface area contributed by atoms with Crippen molar-refractivity contribution < 1.29 is 9.47 Å². The normalized spacial score (nSPS) is 20.9. The summed E-state index contributed by atoms with van der Waals surface area (Å²) in [5.41, 5.74) is 8.81. The highest BCUT2D eigenvalue weighted by atomic mass is 16.5. The van der Waals surface area contributed by atoms with Crippen molar-refractivity contribution in [1.82, 2.24) is 5.32 Å². The molecule has 1 saturated carbocycles. The van der Waals surface area contributed by atoms with Crippen molar-refractivity contribution in [3.05, 3.63) is 59.7 Å². The van der Waals surface area contributed by atoms with E-state index in [9.17, 15) is 0 Å². The van der Waals surface area contributed by atoms with Crippen molar-refractivity contribution in [3.8, 4) is 11.5 Å². The Labute approximate surface area is 167 Å². The molecule has 1 unspecified atom stereocenters. The van der Waals surface area contributed by atoms with Crippen LogP contribution in [0.2, 0.25) is 0 Å². The van der Waals surface area contributed by atoms with E-state index in [0.29, 0.717) is 19.1 Å². The zero-order chi connectivity index (χ0) is 19.4. The first kappa shape index (κ1) is 18.7. The van der Waals surface area contributed by atoms with Gasteiger partial charge in [0.05, 0.1) is 26.3 Å². The highest BCUT2D eigenvalue weighted by Gasteiger charge is 2.36. The quantitative estimate of drug-likeness (QED) is 0.610. The summed E-state index contributed by atoms with van der Waals surface area (Å²) in [5.74, 6) is 2.34. The fraction of sp³-hybridized carbons (Fsp3) is 0.435. The number of hydrogen-bond acceptors (Lipinski definition) is 3. The van der Waals surface area contributed by atoms with Gasteiger partial charge in [-0.3, -0.25) is 4.99 Å². The minimum absolute atomic E-state index is 0.0500. The van der Waals surface area contributed by atoms with Crippen LogP contribution in [0.5, 0.6) is 11.5 Å². The van der Waals surface area contributed by atoms with Crippen LogP contribution in [0.1, 0.15) is 49.3 Å². The number of fused-ring (bicyclic) bond motifs is 1. The molecule has 0 spiro atoms. The van der Waals surface area contributed by atoms with Crippen molar-refractivity contribution in [2.24, 2.45) is 10.7 Å². The molecule has 1 atom stereocenters. The highest BCUT2D eigenvalue weighted by molar-refractivity contribution is 5.78. The van der Waals surface area contributed by atoms with Crippen molar-refractivity contribution in [1.29, 1.82) is 0 Å². The Morgan fingerprint density at radius 3 is 2.86 bits per heavy atom. The molecule has 0 amide bonds. The molecule has 2 aromatic rings. The second-order valence-corrected chi connectivity index (χ2v) is 7.79. The van der Waals surface area contributed by atoms with Gasteiger partial charge in [-0.25, -0.2) is 0 Å². The van der Waals surface area contributed by atoms with Crippen LogP contribution in [0.3, 0.4) is 0 Å². The molecular formula is C23H29N3O2. The van der Waals surface area contributed by atoms with Gasteiger partial charge >= 0.3 is 0 Å². The van der Waals surface area contributed by atoms with Gasteiger partial charge in [0.25, 0.3) is 0 Å². The van der Waals surface area contributed by atoms with Gasteiger partial charge < -0.3 is 20.5 Å². The van der Waals surface area contributed by atoms with E-state index in [4.69, 9.17) is 20.2 Å². The molecule has 5 heteroatoms. The van der Waals surface area contributed by atoms with Gasteiger partial charge in [-0.1, -0.05) is 43.2 Å². The summed E-state index contributed by atoms with van der Waals surface area (Å²) in [6.07, 6.45) is 5.61. The number of aliphatic imine (C=N–C) groups is 1. The molecule has 3 N–H and O–H groups in total. The zero-order valence-electron chi connectivity index (χ0n) is 16.5. The van der Waals surface area contributed by atoms with Crippen LogP contribution in [-0.2, 0) is 5.41 Å². The van der Waals surface area contributed by atoms with Crippen molar-refractivity contribution in [2.75, 3.05) is 20.3 Å². The van der Waals surface area contributed by atoms with Crippen LogP contribution >= 0.6 is 0 Å². The topological polar surface area (TPSA) is 68.9 Å². The van der Waals surface area contributed by atoms with E-state index in [-0.39, 0.29) is 11.5 Å². The van der Waals surface area contributed by atoms with Gasteiger partial charge in [0, 0.05) is 17.4 Å². The van der Waals surface area contributed by atoms with E-state index in [0.717, 1.165) is 36.3 Å². The van der Waals surface area contributed by atoms with Crippen LogP contribution in [-0.4, -0.2) is 26.2 Å². The molecule has 0 saturated heterocycles. The second kappa shape index (κ2) is 8.13. The lowest BCUT2D eigenvalue weighted by Crippen LogP contribution is -2.38. The van der Waals surface area contributed by atoms with Crippen LogP contribution in [0, 0.1) is 0 Å². The maximum Gasteiger partial charge on any atom is 0.189 e. The standard InChI is InChI=1S/C23H29N3O2/c1-27-18-8-6-7-17(15-18)23(12-4-5-13-23)16-25-22(24)26-20-11-14-28-21-10-3-2-9-19(20)21/h2-3,6-10,15,20H,4-5,11-14,16H2,1H3,(H3,24,25,26). The minimum Gasteiger partial charge on any atom is -0.497 e. The molecule has 0 aromatic heterocycles. The smallest absolute Gasteiger partial charge is 0.189 e. The Morgan fingerprint density at radius 1 is 1.21 bits per heavy atom. The largest absolute Gasteiger partial charge is 0.497 e. The van der Waals surface area contributed by atoms with Gasteiger partial charge in [0.2, 0.25) is 0 Å². The maximum absolute atomic E-state index is 6.31. The molecule has 1 fully saturated rings. The third-order valence-electron chi connectivity index (χ3n) is 6.08. The number of methoxy groups -OCH3 is 1. The van der Waals surface area contributed by atoms with E-state index in [2.05, 4.69) is 29.6 Å². The van der Waals surface area contributed by atoms with Crippen molar-refractivity contribution in [2.45, 2.75) is 43.6 Å². The monoisotopic (exact) mass is 379 g/mol. The predicted molar refractivity (Wildman–Crippen MR) is 112 cm³/mol. The fourth-order valence-corrected chi connectivity index (χ4v) is 4.50. The van der Waals surface area contributed by atoms with Gasteiger partial charge in [-0.15, -0.1) is 0 Å². The summed E-state index contributed by atoms with van der Waals surface area (Å²) >= 11 is 0. The molecule has 1 heterocycles. The maximum atomic E-state index is 6.31. The molecule has 4 rings (SSSR count). The number of hydrogen-bond donors (Lipinski definition) is 2. The number of guanidine groups is 1. The summed E-state index contributed by atoms with van der Waals surface area (Å²) in [4.78, 5) is 4.78. The zero-order valence-corrected chi connectivity index (χ0v) is 16.5. The van der Waals surface area contributed by atoms with Crippen LogP contribution in [0.15, 0.2) is 53.5 Å². The Morgan fingerprint density at radius 2 is 2.04 bits per heavy atom. The molecule has 2 aliphatic rings. The Kier molecular flexibility index (Phi) is 5.42. The lowest BCUT2D eigenvalue weighted by Gasteiger charge is -2.29. The number of benzene rings is 2. The third-order valence-corrected chi connectivity index (χ3v) is 6.08. The molecule has 2 aromatic carbocycles. The Hall–Kier alpha value is -2.69. The first-order valence-electron chi connectivity index (χ1n) is 10.1. The summed E-state index contributed by atoms with van der Waals surface area (Å²) in [6, 6.07) is 16.7. The summed E-state index contributed by atoms with van der Waals surface area (Å²) < 4.78 is 11.2. The number of nitrogens with one attached hydrogen (secondary N) is 1. The van der Waals surface area contributed by atoms with Crippen molar-refractivity contribution in [3.63, 3.8) is 0 Å². The lowest BCUT2D eigenvalue weighted by molar-refractivity contribution is 0.262. The number of ether oxygens (including phenoxy) is 2. The SMILES string of the molecule is COc1cccc(C2(CN=C(N)NC3CCOc4ccccc43)CCCC2)c1. The fourth-order valence-electron chi connectivity index (χ4n) is 4.50. The molecule has 0 radical (unpaired) electrons. The van der Waals surface area contributed by atoms with Gasteiger partial charge in [0.15, 0.2) is 5.96 Å². The average molecular weight is 380 g/mol. The third kappa shape index (κ3) is 3.79. The lowest BCUT2D eigenvalue weighted by atomic mass is 9.79. The molecule has 28 heavy (non-hydrogen) atoms. The van der Waals surface area contributed by atoms with Crippen LogP contribution < -0.4 is 20.5 Å². The van der Waals surface area contributed by atoms with Gasteiger partial charge in [-0.2, -0.15) is 0 Å². The first-order valence-corrected chi connectivity index (χ1v) is 10.1. The number of rotatable bonds is 5.